The molecule has 0 aromatic heterocycles. The van der Waals surface area contributed by atoms with Crippen LogP contribution in [0.3, 0.4) is 0 Å². The average molecular weight is 364 g/mol. The molecule has 1 saturated carbocycles. The van der Waals surface area contributed by atoms with Gasteiger partial charge in [-0.25, -0.2) is 0 Å². The van der Waals surface area contributed by atoms with Crippen LogP contribution in [0.25, 0.3) is 10.8 Å². The number of aromatic hydroxyl groups is 1. The smallest absolute Gasteiger partial charge is 0.446 e. The highest BCUT2D eigenvalue weighted by Gasteiger charge is 2.49. The average Bonchev–Trinajstić information content (AvgIpc) is 2.82. The Kier molecular flexibility index (Phi) is 3.55. The topological polar surface area (TPSA) is 104 Å². The van der Waals surface area contributed by atoms with Crippen molar-refractivity contribution in [2.45, 2.75) is 44.6 Å². The number of hydrogen-bond acceptors (Lipinski definition) is 5. The molecule has 3 atom stereocenters. The summed E-state index contributed by atoms with van der Waals surface area (Å²) in [6, 6.07) is 6.32. The fraction of sp³-hybridized carbons (Fsp3) is 0.444. The highest BCUT2D eigenvalue weighted by atomic mass is 32.3. The molecule has 7 heteroatoms. The summed E-state index contributed by atoms with van der Waals surface area (Å²) in [4.78, 5) is 0. The van der Waals surface area contributed by atoms with Gasteiger partial charge in [-0.3, -0.25) is 4.55 Å². The molecule has 2 aromatic rings. The third-order valence-electron chi connectivity index (χ3n) is 6.01. The Morgan fingerprint density at radius 3 is 2.68 bits per heavy atom. The van der Waals surface area contributed by atoms with Crippen LogP contribution in [0.15, 0.2) is 24.3 Å². The van der Waals surface area contributed by atoms with Crippen molar-refractivity contribution in [3.63, 3.8) is 0 Å². The Labute approximate surface area is 146 Å². The number of hydrogen-bond donors (Lipinski definition) is 3. The lowest BCUT2D eigenvalue weighted by molar-refractivity contribution is 0.0458. The molecule has 0 bridgehead atoms. The van der Waals surface area contributed by atoms with Crippen molar-refractivity contribution in [1.82, 2.24) is 0 Å². The van der Waals surface area contributed by atoms with E-state index in [2.05, 4.69) is 11.1 Å². The molecule has 0 heterocycles. The van der Waals surface area contributed by atoms with E-state index in [1.54, 1.807) is 12.1 Å². The van der Waals surface area contributed by atoms with Crippen LogP contribution in [0.1, 0.15) is 43.2 Å². The van der Waals surface area contributed by atoms with Crippen LogP contribution < -0.4 is 4.18 Å². The Balaban J connectivity index is 1.87. The second-order valence-electron chi connectivity index (χ2n) is 7.33. The predicted molar refractivity (Wildman–Crippen MR) is 92.2 cm³/mol. The van der Waals surface area contributed by atoms with Crippen LogP contribution in [-0.2, 0) is 16.8 Å². The molecule has 2 aliphatic carbocycles. The summed E-state index contributed by atoms with van der Waals surface area (Å²) in [6.45, 7) is 2.11. The molecule has 134 valence electrons. The van der Waals surface area contributed by atoms with Crippen LogP contribution in [0.2, 0.25) is 0 Å². The Hall–Kier alpha value is -1.83. The predicted octanol–water partition coefficient (Wildman–Crippen LogP) is 2.92. The SMILES string of the molecule is CC12CCc3c(cc(O)c4cc(OS(=O)(=O)O)ccc34)C1CC[C@H]2O. The van der Waals surface area contributed by atoms with Gasteiger partial charge >= 0.3 is 10.4 Å². The molecule has 0 amide bonds. The lowest BCUT2D eigenvalue weighted by Gasteiger charge is -2.40. The van der Waals surface area contributed by atoms with Gasteiger partial charge in [0.2, 0.25) is 0 Å². The number of phenols is 1. The minimum Gasteiger partial charge on any atom is -0.507 e. The molecule has 2 aliphatic rings. The second kappa shape index (κ2) is 5.33. The first kappa shape index (κ1) is 16.6. The van der Waals surface area contributed by atoms with Gasteiger partial charge in [-0.15, -0.1) is 0 Å². The van der Waals surface area contributed by atoms with Gasteiger partial charge in [-0.2, -0.15) is 8.42 Å². The number of aryl methyl sites for hydroxylation is 1. The summed E-state index contributed by atoms with van der Waals surface area (Å²) in [5, 5.41) is 22.2. The zero-order valence-corrected chi connectivity index (χ0v) is 14.6. The van der Waals surface area contributed by atoms with Crippen molar-refractivity contribution in [3.05, 3.63) is 35.4 Å². The number of benzene rings is 2. The standard InChI is InChI=1S/C18H20O6S/c1-18-7-6-12-11-3-2-10(24-25(21,22)23)8-14(11)16(19)9-13(12)15(18)4-5-17(18)20/h2-3,8-9,15,17,19-20H,4-7H2,1H3,(H,21,22,23)/t15?,17-,18?/m1/s1. The second-order valence-corrected chi connectivity index (χ2v) is 8.36. The van der Waals surface area contributed by atoms with Crippen molar-refractivity contribution < 1.29 is 27.4 Å². The van der Waals surface area contributed by atoms with Crippen LogP contribution in [-0.4, -0.2) is 29.3 Å². The third kappa shape index (κ3) is 2.58. The summed E-state index contributed by atoms with van der Waals surface area (Å²) in [5.74, 6) is 0.192. The molecule has 0 spiro atoms. The minimum atomic E-state index is -4.61. The van der Waals surface area contributed by atoms with Gasteiger partial charge in [-0.1, -0.05) is 13.0 Å². The first-order valence-electron chi connectivity index (χ1n) is 8.32. The lowest BCUT2D eigenvalue weighted by atomic mass is 9.65. The lowest BCUT2D eigenvalue weighted by Crippen LogP contribution is -2.35. The van der Waals surface area contributed by atoms with Gasteiger partial charge in [0.25, 0.3) is 0 Å². The fourth-order valence-electron chi connectivity index (χ4n) is 4.69. The van der Waals surface area contributed by atoms with Crippen LogP contribution >= 0.6 is 0 Å². The molecule has 4 rings (SSSR count). The number of aliphatic hydroxyl groups is 1. The number of phenolic OH excluding ortho intramolecular Hbond substituents is 1. The summed E-state index contributed by atoms with van der Waals surface area (Å²) in [7, 11) is -4.61. The molecule has 2 aromatic carbocycles. The molecule has 0 aliphatic heterocycles. The monoisotopic (exact) mass is 364 g/mol. The Morgan fingerprint density at radius 1 is 1.20 bits per heavy atom. The van der Waals surface area contributed by atoms with Gasteiger partial charge in [0.1, 0.15) is 11.5 Å². The summed E-state index contributed by atoms with van der Waals surface area (Å²) < 4.78 is 35.1. The third-order valence-corrected chi connectivity index (χ3v) is 6.41. The highest BCUT2D eigenvalue weighted by Crippen LogP contribution is 2.57. The van der Waals surface area contributed by atoms with Crippen molar-refractivity contribution in [2.75, 3.05) is 0 Å². The fourth-order valence-corrected chi connectivity index (χ4v) is 5.04. The van der Waals surface area contributed by atoms with Crippen LogP contribution in [0.5, 0.6) is 11.5 Å². The summed E-state index contributed by atoms with van der Waals surface area (Å²) in [5.41, 5.74) is 2.03. The molecule has 25 heavy (non-hydrogen) atoms. The van der Waals surface area contributed by atoms with Crippen molar-refractivity contribution in [1.29, 1.82) is 0 Å². The van der Waals surface area contributed by atoms with Crippen molar-refractivity contribution >= 4 is 21.2 Å². The van der Waals surface area contributed by atoms with Gasteiger partial charge < -0.3 is 14.4 Å². The summed E-state index contributed by atoms with van der Waals surface area (Å²) in [6.07, 6.45) is 2.98. The quantitative estimate of drug-likeness (QED) is 0.708. The maximum atomic E-state index is 10.9. The zero-order chi connectivity index (χ0) is 18.0. The van der Waals surface area contributed by atoms with E-state index in [4.69, 9.17) is 4.55 Å². The number of aliphatic hydroxyl groups excluding tert-OH is 1. The van der Waals surface area contributed by atoms with E-state index in [9.17, 15) is 18.6 Å². The molecule has 1 fully saturated rings. The van der Waals surface area contributed by atoms with E-state index < -0.39 is 10.4 Å². The molecule has 2 unspecified atom stereocenters. The van der Waals surface area contributed by atoms with Gasteiger partial charge in [-0.05, 0) is 66.3 Å². The minimum absolute atomic E-state index is 0.0418. The Bertz CT molecular complexity index is 967. The van der Waals surface area contributed by atoms with E-state index in [-0.39, 0.29) is 28.9 Å². The van der Waals surface area contributed by atoms with Gasteiger partial charge in [0.15, 0.2) is 0 Å². The van der Waals surface area contributed by atoms with Crippen LogP contribution in [0, 0.1) is 5.41 Å². The summed E-state index contributed by atoms with van der Waals surface area (Å²) >= 11 is 0. The van der Waals surface area contributed by atoms with Crippen molar-refractivity contribution in [2.24, 2.45) is 5.41 Å². The molecule has 0 saturated heterocycles. The molecular formula is C18H20O6S. The number of fused-ring (bicyclic) bond motifs is 5. The molecular weight excluding hydrogens is 344 g/mol. The van der Waals surface area contributed by atoms with E-state index in [1.165, 1.54) is 12.1 Å². The zero-order valence-electron chi connectivity index (χ0n) is 13.8. The largest absolute Gasteiger partial charge is 0.507 e. The van der Waals surface area contributed by atoms with Gasteiger partial charge in [0.05, 0.1) is 6.10 Å². The van der Waals surface area contributed by atoms with Crippen molar-refractivity contribution in [3.8, 4) is 11.5 Å². The van der Waals surface area contributed by atoms with E-state index in [0.717, 1.165) is 42.2 Å². The first-order chi connectivity index (χ1) is 11.7. The first-order valence-corrected chi connectivity index (χ1v) is 9.69. The Morgan fingerprint density at radius 2 is 1.96 bits per heavy atom. The number of rotatable bonds is 2. The van der Waals surface area contributed by atoms with Crippen LogP contribution in [0.4, 0.5) is 0 Å². The van der Waals surface area contributed by atoms with Gasteiger partial charge in [0, 0.05) is 10.8 Å². The molecule has 3 N–H and O–H groups in total. The maximum Gasteiger partial charge on any atom is 0.446 e. The molecule has 6 nitrogen and oxygen atoms in total. The normalized spacial score (nSPS) is 28.6. The molecule has 0 radical (unpaired) electrons. The van der Waals surface area contributed by atoms with E-state index in [1.807, 2.05) is 0 Å². The highest BCUT2D eigenvalue weighted by molar-refractivity contribution is 7.81. The maximum absolute atomic E-state index is 10.9. The van der Waals surface area contributed by atoms with E-state index >= 15 is 0 Å². The van der Waals surface area contributed by atoms with E-state index in [0.29, 0.717) is 5.39 Å².